The Morgan fingerprint density at radius 1 is 0.594 bits per heavy atom. The number of alkyl halides is 15. The quantitative estimate of drug-likeness (QED) is 0.384. The molecule has 1 heterocycles. The van der Waals surface area contributed by atoms with Crippen molar-refractivity contribution in [3.05, 3.63) is 0 Å². The first kappa shape index (κ1) is 27.6. The molecule has 1 aliphatic heterocycles. The molecule has 2 amide bonds. The summed E-state index contributed by atoms with van der Waals surface area (Å²) in [5, 5.41) is -1.00. The first-order valence-electron chi connectivity index (χ1n) is 7.24. The zero-order valence-electron chi connectivity index (χ0n) is 14.2. The van der Waals surface area contributed by atoms with Crippen molar-refractivity contribution in [3.8, 4) is 0 Å². The molecule has 0 atom stereocenters. The lowest BCUT2D eigenvalue weighted by Crippen LogP contribution is -2.73. The molecule has 1 rings (SSSR count). The van der Waals surface area contributed by atoms with Gasteiger partial charge in [0.15, 0.2) is 0 Å². The van der Waals surface area contributed by atoms with Crippen molar-refractivity contribution in [2.75, 3.05) is 0 Å². The lowest BCUT2D eigenvalue weighted by Gasteiger charge is -2.40. The van der Waals surface area contributed by atoms with E-state index in [1.165, 1.54) is 0 Å². The number of imide groups is 1. The first-order chi connectivity index (χ1) is 13.8. The lowest BCUT2D eigenvalue weighted by molar-refractivity contribution is -0.450. The molecule has 1 fully saturated rings. The molecule has 0 radical (unpaired) electrons. The number of nitrogens with zero attached hydrogens (tertiary/aromatic N) is 1. The van der Waals surface area contributed by atoms with Crippen LogP contribution >= 0.6 is 0 Å². The van der Waals surface area contributed by atoms with Gasteiger partial charge in [-0.25, -0.2) is 4.79 Å². The molecular weight excluding hydrogens is 507 g/mol. The number of hydroxylamine groups is 2. The van der Waals surface area contributed by atoms with Gasteiger partial charge in [-0.3, -0.25) is 9.59 Å². The summed E-state index contributed by atoms with van der Waals surface area (Å²) in [5.74, 6) is -56.7. The average Bonchev–Trinajstić information content (AvgIpc) is 2.91. The molecule has 20 heteroatoms. The van der Waals surface area contributed by atoms with Crippen LogP contribution in [0.3, 0.4) is 0 Å². The second-order valence-corrected chi connectivity index (χ2v) is 5.90. The second-order valence-electron chi connectivity index (χ2n) is 5.90. The molecule has 1 saturated heterocycles. The fourth-order valence-corrected chi connectivity index (χ4v) is 1.89. The number of carbonyl (C=O) groups excluding carboxylic acids is 3. The summed E-state index contributed by atoms with van der Waals surface area (Å²) in [6.45, 7) is 0. The van der Waals surface area contributed by atoms with Crippen LogP contribution in [0, 0.1) is 0 Å². The van der Waals surface area contributed by atoms with Gasteiger partial charge in [0.05, 0.1) is 0 Å². The van der Waals surface area contributed by atoms with Gasteiger partial charge in [0.2, 0.25) is 0 Å². The van der Waals surface area contributed by atoms with Crippen molar-refractivity contribution in [3.63, 3.8) is 0 Å². The van der Waals surface area contributed by atoms with Gasteiger partial charge in [0, 0.05) is 12.8 Å². The maximum absolute atomic E-state index is 13.5. The summed E-state index contributed by atoms with van der Waals surface area (Å²) in [7, 11) is 0. The van der Waals surface area contributed by atoms with E-state index in [1.807, 2.05) is 0 Å². The largest absolute Gasteiger partial charge is 0.460 e. The molecule has 0 spiro atoms. The van der Waals surface area contributed by atoms with Crippen molar-refractivity contribution in [1.29, 1.82) is 0 Å². The van der Waals surface area contributed by atoms with Crippen molar-refractivity contribution in [1.82, 2.24) is 5.06 Å². The Morgan fingerprint density at radius 2 is 0.906 bits per heavy atom. The van der Waals surface area contributed by atoms with E-state index >= 15 is 0 Å². The summed E-state index contributed by atoms with van der Waals surface area (Å²) < 4.78 is 194. The monoisotopic (exact) mass is 511 g/mol. The molecule has 0 aromatic heterocycles. The minimum atomic E-state index is -8.58. The van der Waals surface area contributed by atoms with E-state index in [2.05, 4.69) is 4.84 Å². The van der Waals surface area contributed by atoms with Crippen molar-refractivity contribution < 1.29 is 85.1 Å². The van der Waals surface area contributed by atoms with Crippen LogP contribution in [0.15, 0.2) is 0 Å². The molecule has 0 aliphatic carbocycles. The minimum Gasteiger partial charge on any atom is -0.324 e. The van der Waals surface area contributed by atoms with Crippen LogP contribution in [-0.4, -0.2) is 64.6 Å². The molecule has 0 unspecified atom stereocenters. The number of hydrogen-bond donors (Lipinski definition) is 0. The molecule has 0 N–H and O–H groups in total. The van der Waals surface area contributed by atoms with Crippen molar-refractivity contribution in [2.24, 2.45) is 0 Å². The predicted octanol–water partition coefficient (Wildman–Crippen LogP) is 3.97. The molecule has 1 aliphatic rings. The summed E-state index contributed by atoms with van der Waals surface area (Å²) in [6, 6.07) is 0. The van der Waals surface area contributed by atoms with Crippen molar-refractivity contribution >= 4 is 17.8 Å². The standard InChI is InChI=1S/C12H4F15NO4/c13-6(14,5(31)32-28-3(29)1-2-4(28)30)7(15,16)8(17,18)9(19,20)10(21,22)11(23,24)12(25,26)27/h1-2H2. The van der Waals surface area contributed by atoms with E-state index in [-0.39, 0.29) is 0 Å². The number of halogens is 15. The fraction of sp³-hybridized carbons (Fsp3) is 0.750. The summed E-state index contributed by atoms with van der Waals surface area (Å²) in [6.07, 6.45) is -9.56. The highest BCUT2D eigenvalue weighted by Gasteiger charge is 2.94. The van der Waals surface area contributed by atoms with Crippen LogP contribution in [0.5, 0.6) is 0 Å². The molecule has 0 aromatic rings. The van der Waals surface area contributed by atoms with E-state index in [4.69, 9.17) is 0 Å². The van der Waals surface area contributed by atoms with Gasteiger partial charge in [-0.05, 0) is 0 Å². The number of hydrogen-bond acceptors (Lipinski definition) is 4. The van der Waals surface area contributed by atoms with Gasteiger partial charge >= 0.3 is 47.7 Å². The zero-order valence-corrected chi connectivity index (χ0v) is 14.2. The maximum atomic E-state index is 13.5. The van der Waals surface area contributed by atoms with Crippen LogP contribution in [0.1, 0.15) is 12.8 Å². The van der Waals surface area contributed by atoms with Crippen LogP contribution in [-0.2, 0) is 19.2 Å². The molecule has 0 aromatic carbocycles. The molecule has 186 valence electrons. The lowest BCUT2D eigenvalue weighted by atomic mass is 9.91. The van der Waals surface area contributed by atoms with E-state index in [9.17, 15) is 80.2 Å². The van der Waals surface area contributed by atoms with Crippen molar-refractivity contribution in [2.45, 2.75) is 54.6 Å². The maximum Gasteiger partial charge on any atom is 0.460 e. The number of rotatable bonds is 7. The Balaban J connectivity index is 3.47. The third-order valence-electron chi connectivity index (χ3n) is 3.76. The van der Waals surface area contributed by atoms with E-state index in [1.54, 1.807) is 0 Å². The summed E-state index contributed by atoms with van der Waals surface area (Å²) in [4.78, 5) is 36.2. The Hall–Kier alpha value is -2.44. The molecule has 0 saturated carbocycles. The molecule has 5 nitrogen and oxygen atoms in total. The smallest absolute Gasteiger partial charge is 0.324 e. The zero-order chi connectivity index (χ0) is 25.9. The van der Waals surface area contributed by atoms with Crippen LogP contribution in [0.25, 0.3) is 0 Å². The fourth-order valence-electron chi connectivity index (χ4n) is 1.89. The molecule has 0 bridgehead atoms. The van der Waals surface area contributed by atoms with Crippen LogP contribution in [0.4, 0.5) is 65.9 Å². The van der Waals surface area contributed by atoms with Crippen LogP contribution < -0.4 is 0 Å². The number of amides is 2. The van der Waals surface area contributed by atoms with Gasteiger partial charge in [0.1, 0.15) is 0 Å². The van der Waals surface area contributed by atoms with Gasteiger partial charge in [-0.1, -0.05) is 0 Å². The van der Waals surface area contributed by atoms with Gasteiger partial charge in [0.25, 0.3) is 11.8 Å². The summed E-state index contributed by atoms with van der Waals surface area (Å²) >= 11 is 0. The predicted molar refractivity (Wildman–Crippen MR) is 62.9 cm³/mol. The van der Waals surface area contributed by atoms with E-state index in [0.717, 1.165) is 0 Å². The van der Waals surface area contributed by atoms with Gasteiger partial charge in [-0.15, -0.1) is 5.06 Å². The molecule has 32 heavy (non-hydrogen) atoms. The molecular formula is C12H4F15NO4. The van der Waals surface area contributed by atoms with E-state index < -0.39 is 77.4 Å². The second kappa shape index (κ2) is 7.29. The van der Waals surface area contributed by atoms with Gasteiger partial charge in [-0.2, -0.15) is 65.9 Å². The third kappa shape index (κ3) is 3.50. The van der Waals surface area contributed by atoms with Gasteiger partial charge < -0.3 is 4.84 Å². The Labute approximate surface area is 164 Å². The Kier molecular flexibility index (Phi) is 6.28. The normalized spacial score (nSPS) is 17.8. The minimum absolute atomic E-state index is 0.902. The number of carbonyl (C=O) groups is 3. The highest BCUT2D eigenvalue weighted by Crippen LogP contribution is 2.62. The highest BCUT2D eigenvalue weighted by molar-refractivity contribution is 6.01. The Bertz CT molecular complexity index is 787. The Morgan fingerprint density at radius 3 is 1.25 bits per heavy atom. The highest BCUT2D eigenvalue weighted by atomic mass is 19.4. The average molecular weight is 511 g/mol. The SMILES string of the molecule is O=C1CCC(=O)N1OC(=O)C(F)(F)C(F)(F)C(F)(F)C(F)(F)C(F)(F)C(F)(F)C(F)(F)F. The third-order valence-corrected chi connectivity index (χ3v) is 3.76. The topological polar surface area (TPSA) is 63.7 Å². The van der Waals surface area contributed by atoms with E-state index in [0.29, 0.717) is 0 Å². The summed E-state index contributed by atoms with van der Waals surface area (Å²) in [5.41, 5.74) is 0. The van der Waals surface area contributed by atoms with Crippen LogP contribution in [0.2, 0.25) is 0 Å². The first-order valence-corrected chi connectivity index (χ1v) is 7.24.